The van der Waals surface area contributed by atoms with Crippen LogP contribution in [0.5, 0.6) is 0 Å². The van der Waals surface area contributed by atoms with E-state index in [-0.39, 0.29) is 5.82 Å². The summed E-state index contributed by atoms with van der Waals surface area (Å²) >= 11 is 0. The molecule has 0 aliphatic carbocycles. The minimum absolute atomic E-state index is 0.358. The van der Waals surface area contributed by atoms with Crippen LogP contribution in [0, 0.1) is 17.7 Å². The Morgan fingerprint density at radius 1 is 1.45 bits per heavy atom. The number of halogens is 1. The number of carbonyl (C=O) groups excluding carboxylic acids is 1. The average Bonchev–Trinajstić information content (AvgIpc) is 2.30. The zero-order valence-corrected chi connectivity index (χ0v) is 11.9. The van der Waals surface area contributed by atoms with E-state index in [1.807, 2.05) is 0 Å². The van der Waals surface area contributed by atoms with Crippen LogP contribution in [-0.4, -0.2) is 18.2 Å². The second-order valence-electron chi connectivity index (χ2n) is 5.21. The Bertz CT molecular complexity index is 539. The van der Waals surface area contributed by atoms with Gasteiger partial charge in [-0.1, -0.05) is 11.8 Å². The van der Waals surface area contributed by atoms with E-state index < -0.39 is 11.7 Å². The number of nitrogen functional groups attached to an aromatic ring is 1. The fourth-order valence-corrected chi connectivity index (χ4v) is 1.34. The lowest BCUT2D eigenvalue weighted by Gasteiger charge is -2.19. The summed E-state index contributed by atoms with van der Waals surface area (Å²) in [4.78, 5) is 11.3. The molecule has 3 N–H and O–H groups in total. The van der Waals surface area contributed by atoms with Crippen LogP contribution < -0.4 is 11.1 Å². The molecule has 108 valence electrons. The predicted octanol–water partition coefficient (Wildman–Crippen LogP) is 2.67. The molecule has 5 heteroatoms. The molecule has 0 fully saturated rings. The first kappa shape index (κ1) is 15.8. The van der Waals surface area contributed by atoms with Crippen molar-refractivity contribution in [3.63, 3.8) is 0 Å². The van der Waals surface area contributed by atoms with Crippen LogP contribution in [0.15, 0.2) is 18.2 Å². The highest BCUT2D eigenvalue weighted by atomic mass is 19.1. The van der Waals surface area contributed by atoms with Gasteiger partial charge in [0.25, 0.3) is 0 Å². The van der Waals surface area contributed by atoms with Gasteiger partial charge >= 0.3 is 6.09 Å². The predicted molar refractivity (Wildman–Crippen MR) is 76.5 cm³/mol. The molecule has 0 saturated heterocycles. The Balaban J connectivity index is 2.40. The van der Waals surface area contributed by atoms with Gasteiger partial charge in [-0.3, -0.25) is 0 Å². The molecule has 0 radical (unpaired) electrons. The molecular formula is C15H19FN2O2. The molecule has 1 aromatic carbocycles. The van der Waals surface area contributed by atoms with Gasteiger partial charge in [-0.25, -0.2) is 9.18 Å². The minimum atomic E-state index is -0.522. The van der Waals surface area contributed by atoms with Gasteiger partial charge in [0.05, 0.1) is 5.56 Å². The highest BCUT2D eigenvalue weighted by molar-refractivity contribution is 5.67. The first-order chi connectivity index (χ1) is 9.28. The third-order valence-electron chi connectivity index (χ3n) is 2.16. The number of anilines is 1. The number of amides is 1. The summed E-state index contributed by atoms with van der Waals surface area (Å²) in [5, 5.41) is 2.58. The van der Waals surface area contributed by atoms with Crippen LogP contribution in [-0.2, 0) is 4.74 Å². The molecule has 0 aliphatic rings. The van der Waals surface area contributed by atoms with E-state index in [4.69, 9.17) is 10.5 Å². The zero-order valence-electron chi connectivity index (χ0n) is 11.9. The van der Waals surface area contributed by atoms with Crippen LogP contribution in [0.1, 0.15) is 32.8 Å². The zero-order chi connectivity index (χ0) is 15.2. The Kier molecular flexibility index (Phi) is 5.39. The molecule has 1 aromatic rings. The van der Waals surface area contributed by atoms with Crippen molar-refractivity contribution in [1.82, 2.24) is 5.32 Å². The number of rotatable bonds is 2. The minimum Gasteiger partial charge on any atom is -0.444 e. The van der Waals surface area contributed by atoms with E-state index in [2.05, 4.69) is 17.2 Å². The average molecular weight is 278 g/mol. The number of nitrogens with two attached hydrogens (primary N) is 1. The normalized spacial score (nSPS) is 10.4. The van der Waals surface area contributed by atoms with Crippen LogP contribution in [0.25, 0.3) is 0 Å². The lowest BCUT2D eigenvalue weighted by molar-refractivity contribution is 0.0529. The Morgan fingerprint density at radius 3 is 2.80 bits per heavy atom. The summed E-state index contributed by atoms with van der Waals surface area (Å²) in [6.07, 6.45) is -0.0561. The summed E-state index contributed by atoms with van der Waals surface area (Å²) in [6, 6.07) is 4.03. The van der Waals surface area contributed by atoms with E-state index in [1.165, 1.54) is 18.2 Å². The van der Waals surface area contributed by atoms with Crippen LogP contribution in [0.2, 0.25) is 0 Å². The maximum atomic E-state index is 13.0. The summed E-state index contributed by atoms with van der Waals surface area (Å²) < 4.78 is 18.1. The summed E-state index contributed by atoms with van der Waals surface area (Å²) in [5.41, 5.74) is 6.02. The molecule has 0 spiro atoms. The lowest BCUT2D eigenvalue weighted by atomic mass is 10.2. The van der Waals surface area contributed by atoms with Crippen molar-refractivity contribution < 1.29 is 13.9 Å². The molecule has 0 aliphatic heterocycles. The van der Waals surface area contributed by atoms with Gasteiger partial charge < -0.3 is 15.8 Å². The maximum Gasteiger partial charge on any atom is 0.407 e. The van der Waals surface area contributed by atoms with Gasteiger partial charge in [0.1, 0.15) is 11.4 Å². The molecule has 0 saturated carbocycles. The van der Waals surface area contributed by atoms with E-state index >= 15 is 0 Å². The monoisotopic (exact) mass is 278 g/mol. The molecule has 1 amide bonds. The first-order valence-electron chi connectivity index (χ1n) is 6.29. The Morgan fingerprint density at radius 2 is 2.15 bits per heavy atom. The molecule has 0 bridgehead atoms. The first-order valence-corrected chi connectivity index (χ1v) is 6.29. The number of hydrogen-bond acceptors (Lipinski definition) is 3. The van der Waals surface area contributed by atoms with Gasteiger partial charge in [0.2, 0.25) is 0 Å². The van der Waals surface area contributed by atoms with E-state index in [0.717, 1.165) is 0 Å². The lowest BCUT2D eigenvalue weighted by Crippen LogP contribution is -2.32. The number of alkyl carbamates (subject to hydrolysis) is 1. The number of benzene rings is 1. The highest BCUT2D eigenvalue weighted by Crippen LogP contribution is 2.11. The SMILES string of the molecule is CC(C)(C)OC(=O)NCCC#Cc1cc(F)ccc1N. The number of carbonyl (C=O) groups is 1. The summed E-state index contributed by atoms with van der Waals surface area (Å²) in [7, 11) is 0. The van der Waals surface area contributed by atoms with Gasteiger partial charge in [-0.2, -0.15) is 0 Å². The fraction of sp³-hybridized carbons (Fsp3) is 0.400. The van der Waals surface area contributed by atoms with E-state index in [9.17, 15) is 9.18 Å². The number of nitrogens with one attached hydrogen (secondary N) is 1. The van der Waals surface area contributed by atoms with E-state index in [0.29, 0.717) is 24.2 Å². The third-order valence-corrected chi connectivity index (χ3v) is 2.16. The largest absolute Gasteiger partial charge is 0.444 e. The van der Waals surface area contributed by atoms with Crippen LogP contribution in [0.4, 0.5) is 14.9 Å². The fourth-order valence-electron chi connectivity index (χ4n) is 1.34. The van der Waals surface area contributed by atoms with Crippen molar-refractivity contribution in [3.8, 4) is 11.8 Å². The van der Waals surface area contributed by atoms with Crippen molar-refractivity contribution in [2.45, 2.75) is 32.8 Å². The Labute approximate surface area is 118 Å². The van der Waals surface area contributed by atoms with Crippen LogP contribution in [0.3, 0.4) is 0 Å². The van der Waals surface area contributed by atoms with Crippen molar-refractivity contribution in [2.75, 3.05) is 12.3 Å². The molecule has 0 aromatic heterocycles. The van der Waals surface area contributed by atoms with Crippen molar-refractivity contribution in [2.24, 2.45) is 0 Å². The molecule has 0 atom stereocenters. The summed E-state index contributed by atoms with van der Waals surface area (Å²) in [5.74, 6) is 5.21. The Hall–Kier alpha value is -2.22. The van der Waals surface area contributed by atoms with Crippen molar-refractivity contribution >= 4 is 11.8 Å². The van der Waals surface area contributed by atoms with Gasteiger partial charge in [-0.15, -0.1) is 0 Å². The van der Waals surface area contributed by atoms with Crippen LogP contribution >= 0.6 is 0 Å². The number of hydrogen-bond donors (Lipinski definition) is 2. The molecule has 20 heavy (non-hydrogen) atoms. The van der Waals surface area contributed by atoms with Gasteiger partial charge in [0.15, 0.2) is 0 Å². The van der Waals surface area contributed by atoms with Gasteiger partial charge in [0, 0.05) is 18.7 Å². The molecule has 4 nitrogen and oxygen atoms in total. The van der Waals surface area contributed by atoms with Crippen molar-refractivity contribution in [3.05, 3.63) is 29.6 Å². The topological polar surface area (TPSA) is 64.3 Å². The van der Waals surface area contributed by atoms with Crippen molar-refractivity contribution in [1.29, 1.82) is 0 Å². The third kappa shape index (κ3) is 6.10. The molecular weight excluding hydrogens is 259 g/mol. The second kappa shape index (κ2) is 6.80. The molecule has 0 heterocycles. The smallest absolute Gasteiger partial charge is 0.407 e. The highest BCUT2D eigenvalue weighted by Gasteiger charge is 2.15. The summed E-state index contributed by atoms with van der Waals surface area (Å²) in [6.45, 7) is 5.73. The standard InChI is InChI=1S/C15H19FN2O2/c1-15(2,3)20-14(19)18-9-5-4-6-11-10-12(16)7-8-13(11)17/h7-8,10H,5,9,17H2,1-3H3,(H,18,19). The maximum absolute atomic E-state index is 13.0. The van der Waals surface area contributed by atoms with Gasteiger partial charge in [-0.05, 0) is 39.0 Å². The molecule has 0 unspecified atom stereocenters. The quantitative estimate of drug-likeness (QED) is 0.496. The second-order valence-corrected chi connectivity index (χ2v) is 5.21. The molecule has 1 rings (SSSR count). The van der Waals surface area contributed by atoms with E-state index in [1.54, 1.807) is 20.8 Å². The number of ether oxygens (including phenoxy) is 1.